The van der Waals surface area contributed by atoms with Gasteiger partial charge in [0.25, 0.3) is 0 Å². The third-order valence-electron chi connectivity index (χ3n) is 4.10. The Morgan fingerprint density at radius 2 is 1.12 bits per heavy atom. The van der Waals surface area contributed by atoms with E-state index in [9.17, 15) is 9.59 Å². The van der Waals surface area contributed by atoms with Crippen LogP contribution in [0, 0.1) is 0 Å². The summed E-state index contributed by atoms with van der Waals surface area (Å²) in [5, 5.41) is 8.37. The maximum absolute atomic E-state index is 11.1. The van der Waals surface area contributed by atoms with Crippen molar-refractivity contribution in [1.82, 2.24) is 0 Å². The molecule has 0 aromatic heterocycles. The minimum atomic E-state index is -1.14. The van der Waals surface area contributed by atoms with Crippen molar-refractivity contribution in [2.45, 2.75) is 96.8 Å². The first-order chi connectivity index (χ1) is 11.7. The van der Waals surface area contributed by atoms with Gasteiger partial charge in [0, 0.05) is 12.2 Å². The second-order valence-corrected chi connectivity index (χ2v) is 6.44. The van der Waals surface area contributed by atoms with Crippen LogP contribution in [0.3, 0.4) is 0 Å². The summed E-state index contributed by atoms with van der Waals surface area (Å²) in [4.78, 5) is 21.3. The van der Waals surface area contributed by atoms with Crippen LogP contribution in [0.1, 0.15) is 96.8 Å². The molecular weight excluding hydrogens is 344 g/mol. The molecule has 0 bridgehead atoms. The van der Waals surface area contributed by atoms with Crippen LogP contribution in [-0.2, 0) is 14.3 Å². The summed E-state index contributed by atoms with van der Waals surface area (Å²) in [5.41, 5.74) is 0. The molecule has 0 amide bonds. The molecule has 0 saturated carbocycles. The van der Waals surface area contributed by atoms with E-state index in [2.05, 4.69) is 6.92 Å². The Morgan fingerprint density at radius 3 is 1.52 bits per heavy atom. The van der Waals surface area contributed by atoms with Crippen molar-refractivity contribution in [3.8, 4) is 0 Å². The number of carboxylic acid groups (broad SMARTS) is 1. The molecule has 1 N–H and O–H groups in total. The van der Waals surface area contributed by atoms with E-state index < -0.39 is 11.9 Å². The first-order valence-corrected chi connectivity index (χ1v) is 9.74. The Hall–Kier alpha value is -0.0603. The number of hydrogen-bond donors (Lipinski definition) is 1. The fourth-order valence-corrected chi connectivity index (χ4v) is 2.66. The molecule has 0 fully saturated rings. The number of carboxylic acids is 1. The number of unbranched alkanes of at least 4 members (excludes halogenated alkanes) is 13. The molecule has 0 aromatic rings. The molecule has 0 atom stereocenters. The molecule has 0 rings (SSSR count). The van der Waals surface area contributed by atoms with Gasteiger partial charge in [0.15, 0.2) is 0 Å². The molecule has 0 aromatic carbocycles. The standard InChI is InChI=1S/C20H36O4.Ca.2H/c1-2-3-4-5-6-7-8-9-10-11-12-13-14-15-18-24-20(23)17-16-19(21)22;;;/h16-17H,2-15,18H2,1H3,(H,21,22);;;/b17-16+;;;. The van der Waals surface area contributed by atoms with E-state index in [1.54, 1.807) is 0 Å². The van der Waals surface area contributed by atoms with E-state index in [4.69, 9.17) is 9.84 Å². The molecule has 0 spiro atoms. The topological polar surface area (TPSA) is 63.6 Å². The van der Waals surface area contributed by atoms with Gasteiger partial charge < -0.3 is 9.84 Å². The third kappa shape index (κ3) is 23.9. The Kier molecular flexibility index (Phi) is 23.9. The number of esters is 1. The molecule has 25 heavy (non-hydrogen) atoms. The predicted molar refractivity (Wildman–Crippen MR) is 107 cm³/mol. The van der Waals surface area contributed by atoms with Gasteiger partial charge in [-0.2, -0.15) is 0 Å². The second-order valence-electron chi connectivity index (χ2n) is 6.44. The average molecular weight is 383 g/mol. The Bertz CT molecular complexity index is 343. The molecule has 5 heteroatoms. The van der Waals surface area contributed by atoms with Gasteiger partial charge >= 0.3 is 49.7 Å². The van der Waals surface area contributed by atoms with Gasteiger partial charge in [-0.3, -0.25) is 0 Å². The summed E-state index contributed by atoms with van der Waals surface area (Å²) in [6.45, 7) is 2.63. The van der Waals surface area contributed by atoms with Crippen molar-refractivity contribution >= 4 is 49.7 Å². The first-order valence-electron chi connectivity index (χ1n) is 9.74. The second kappa shape index (κ2) is 22.0. The minimum absolute atomic E-state index is 0. The molecule has 0 radical (unpaired) electrons. The van der Waals surface area contributed by atoms with E-state index in [-0.39, 0.29) is 37.7 Å². The van der Waals surface area contributed by atoms with E-state index in [0.717, 1.165) is 25.0 Å². The SMILES string of the molecule is CCCCCCCCCCCCCCCCOC(=O)/C=C/C(=O)O.[CaH2]. The fourth-order valence-electron chi connectivity index (χ4n) is 2.66. The zero-order valence-corrected chi connectivity index (χ0v) is 15.4. The van der Waals surface area contributed by atoms with Crippen molar-refractivity contribution in [2.24, 2.45) is 0 Å². The molecule has 0 aliphatic rings. The van der Waals surface area contributed by atoms with Crippen LogP contribution in [0.15, 0.2) is 12.2 Å². The van der Waals surface area contributed by atoms with E-state index in [1.807, 2.05) is 0 Å². The maximum atomic E-state index is 11.1. The van der Waals surface area contributed by atoms with Crippen molar-refractivity contribution in [3.05, 3.63) is 12.2 Å². The Balaban J connectivity index is 0. The van der Waals surface area contributed by atoms with E-state index >= 15 is 0 Å². The van der Waals surface area contributed by atoms with Gasteiger partial charge in [-0.25, -0.2) is 9.59 Å². The number of aliphatic carboxylic acids is 1. The van der Waals surface area contributed by atoms with Crippen LogP contribution in [0.25, 0.3) is 0 Å². The number of carbonyl (C=O) groups is 2. The monoisotopic (exact) mass is 382 g/mol. The molecule has 0 aliphatic heterocycles. The number of carbonyl (C=O) groups excluding carboxylic acids is 1. The normalized spacial score (nSPS) is 10.6. The van der Waals surface area contributed by atoms with Crippen LogP contribution in [0.2, 0.25) is 0 Å². The third-order valence-corrected chi connectivity index (χ3v) is 4.10. The summed E-state index contributed by atoms with van der Waals surface area (Å²) in [7, 11) is 0. The predicted octanol–water partition coefficient (Wildman–Crippen LogP) is 4.74. The van der Waals surface area contributed by atoms with Crippen molar-refractivity contribution in [2.75, 3.05) is 6.61 Å². The number of ether oxygens (including phenoxy) is 1. The summed E-state index contributed by atoms with van der Waals surface area (Å²) in [6, 6.07) is 0. The first kappa shape index (κ1) is 27.2. The summed E-state index contributed by atoms with van der Waals surface area (Å²) in [5.74, 6) is -1.71. The van der Waals surface area contributed by atoms with Gasteiger partial charge in [0.05, 0.1) is 6.61 Å². The Morgan fingerprint density at radius 1 is 0.720 bits per heavy atom. The zero-order chi connectivity index (χ0) is 17.9. The molecule has 144 valence electrons. The van der Waals surface area contributed by atoms with Gasteiger partial charge in [0.1, 0.15) is 0 Å². The van der Waals surface area contributed by atoms with Crippen molar-refractivity contribution in [1.29, 1.82) is 0 Å². The van der Waals surface area contributed by atoms with Crippen LogP contribution in [0.5, 0.6) is 0 Å². The quantitative estimate of drug-likeness (QED) is 0.171. The van der Waals surface area contributed by atoms with Gasteiger partial charge in [-0.1, -0.05) is 90.4 Å². The number of hydrogen-bond acceptors (Lipinski definition) is 3. The van der Waals surface area contributed by atoms with Crippen LogP contribution < -0.4 is 0 Å². The van der Waals surface area contributed by atoms with Crippen molar-refractivity contribution < 1.29 is 19.4 Å². The fraction of sp³-hybridized carbons (Fsp3) is 0.800. The van der Waals surface area contributed by atoms with Gasteiger partial charge in [0.2, 0.25) is 0 Å². The summed E-state index contributed by atoms with van der Waals surface area (Å²) < 4.78 is 4.91. The zero-order valence-electron chi connectivity index (χ0n) is 15.4. The van der Waals surface area contributed by atoms with Gasteiger partial charge in [-0.05, 0) is 6.42 Å². The average Bonchev–Trinajstić information content (AvgIpc) is 2.56. The van der Waals surface area contributed by atoms with Crippen LogP contribution >= 0.6 is 0 Å². The van der Waals surface area contributed by atoms with Gasteiger partial charge in [-0.15, -0.1) is 0 Å². The molecule has 4 nitrogen and oxygen atoms in total. The Labute approximate surface area is 183 Å². The van der Waals surface area contributed by atoms with Crippen LogP contribution in [-0.4, -0.2) is 61.4 Å². The molecule has 0 saturated heterocycles. The van der Waals surface area contributed by atoms with E-state index in [1.165, 1.54) is 77.0 Å². The van der Waals surface area contributed by atoms with E-state index in [0.29, 0.717) is 6.61 Å². The molecular formula is C20H38CaO4. The summed E-state index contributed by atoms with van der Waals surface area (Å²) in [6.07, 6.45) is 19.8. The molecule has 0 unspecified atom stereocenters. The number of rotatable bonds is 17. The van der Waals surface area contributed by atoms with Crippen LogP contribution in [0.4, 0.5) is 0 Å². The molecule has 0 aliphatic carbocycles. The molecule has 0 heterocycles. The summed E-state index contributed by atoms with van der Waals surface area (Å²) >= 11 is 0. The van der Waals surface area contributed by atoms with Crippen molar-refractivity contribution in [3.63, 3.8) is 0 Å².